The van der Waals surface area contributed by atoms with Gasteiger partial charge in [0.15, 0.2) is 0 Å². The minimum absolute atomic E-state index is 0.0268. The maximum absolute atomic E-state index is 2.67. The summed E-state index contributed by atoms with van der Waals surface area (Å²) in [6, 6.07) is 79.1. The largest absolute Gasteiger partial charge is 0.243 e. The molecule has 0 radical (unpaired) electrons. The number of rotatable bonds is 6. The monoisotopic (exact) mass is 914 g/mol. The van der Waals surface area contributed by atoms with Crippen LogP contribution in [0.4, 0.5) is 0 Å². The van der Waals surface area contributed by atoms with Crippen LogP contribution in [0.5, 0.6) is 0 Å². The summed E-state index contributed by atoms with van der Waals surface area (Å²) in [4.78, 5) is 0. The fourth-order valence-electron chi connectivity index (χ4n) is 14.0. The van der Waals surface area contributed by atoms with E-state index in [1.165, 1.54) is 165 Å². The number of hydrogen-bond donors (Lipinski definition) is 0. The van der Waals surface area contributed by atoms with E-state index in [-0.39, 0.29) is 13.4 Å². The topological polar surface area (TPSA) is 0 Å². The number of hydrogen-bond acceptors (Lipinski definition) is 0. The van der Waals surface area contributed by atoms with Crippen LogP contribution in [0.3, 0.4) is 0 Å². The molecule has 0 amide bonds. The van der Waals surface area contributed by atoms with Crippen molar-refractivity contribution in [2.75, 3.05) is 0 Å². The Balaban J connectivity index is 1.25. The van der Waals surface area contributed by atoms with Crippen LogP contribution in [0.25, 0.3) is 99.1 Å². The predicted molar refractivity (Wildman–Crippen MR) is 313 cm³/mol. The lowest BCUT2D eigenvalue weighted by Gasteiger charge is -2.35. The van der Waals surface area contributed by atoms with Crippen molar-refractivity contribution in [3.63, 3.8) is 0 Å². The standard InChI is InChI=1S/C70H52B2/c1-41-33-43(3)69(44(4)34-41)71-61-31-19-17-29-53(61)57-37-56(52-28-16-14-26-50(52)48-23-11-8-12-24-48)60-40-64-66-58(54-30-18-20-32-62(54)72(64)70-45(5)35-42(2)36-46(70)6)38-55(59-39-63(71)65(57)67(60)68(59)66)51-27-15-13-25-49(51)47-21-9-7-10-22-47/h7-40H,1-6H3. The van der Waals surface area contributed by atoms with Crippen molar-refractivity contribution >= 4 is 78.5 Å². The van der Waals surface area contributed by atoms with E-state index in [9.17, 15) is 0 Å². The first-order valence-corrected chi connectivity index (χ1v) is 25.7. The van der Waals surface area contributed by atoms with Crippen molar-refractivity contribution < 1.29 is 0 Å². The molecule has 12 aromatic rings. The van der Waals surface area contributed by atoms with E-state index in [1.807, 2.05) is 0 Å². The van der Waals surface area contributed by atoms with Gasteiger partial charge in [-0.15, -0.1) is 0 Å². The Bertz CT molecular complexity index is 3900. The molecule has 0 bridgehead atoms. The van der Waals surface area contributed by atoms with E-state index in [0.29, 0.717) is 0 Å². The molecule has 2 aliphatic heterocycles. The lowest BCUT2D eigenvalue weighted by molar-refractivity contribution is 1.35. The van der Waals surface area contributed by atoms with Gasteiger partial charge in [-0.25, -0.2) is 0 Å². The molecule has 0 saturated heterocycles. The van der Waals surface area contributed by atoms with Gasteiger partial charge in [0.05, 0.1) is 0 Å². The molecule has 0 aliphatic carbocycles. The van der Waals surface area contributed by atoms with Gasteiger partial charge in [0.2, 0.25) is 13.4 Å². The molecule has 0 unspecified atom stereocenters. The quantitative estimate of drug-likeness (QED) is 0.115. The molecule has 0 atom stereocenters. The van der Waals surface area contributed by atoms with Gasteiger partial charge < -0.3 is 0 Å². The van der Waals surface area contributed by atoms with Crippen molar-refractivity contribution in [2.45, 2.75) is 41.5 Å². The second-order valence-electron chi connectivity index (χ2n) is 21.0. The third-order valence-corrected chi connectivity index (χ3v) is 16.6. The summed E-state index contributed by atoms with van der Waals surface area (Å²) in [5.74, 6) is 0. The van der Waals surface area contributed by atoms with Gasteiger partial charge in [-0.1, -0.05) is 260 Å². The second-order valence-corrected chi connectivity index (χ2v) is 21.0. The van der Waals surface area contributed by atoms with Crippen molar-refractivity contribution in [3.8, 4) is 66.8 Å². The minimum atomic E-state index is 0.0268. The van der Waals surface area contributed by atoms with Gasteiger partial charge in [0.25, 0.3) is 0 Å². The van der Waals surface area contributed by atoms with Crippen molar-refractivity contribution in [3.05, 3.63) is 240 Å². The molecule has 0 nitrogen and oxygen atoms in total. The number of fused-ring (bicyclic) bond motifs is 4. The molecule has 0 aromatic heterocycles. The van der Waals surface area contributed by atoms with E-state index >= 15 is 0 Å². The van der Waals surface area contributed by atoms with Gasteiger partial charge in [0.1, 0.15) is 0 Å². The molecular formula is C70H52B2. The third-order valence-electron chi connectivity index (χ3n) is 16.6. The Morgan fingerprint density at radius 1 is 0.236 bits per heavy atom. The van der Waals surface area contributed by atoms with Crippen LogP contribution in [0, 0.1) is 41.5 Å². The van der Waals surface area contributed by atoms with Crippen molar-refractivity contribution in [1.82, 2.24) is 0 Å². The van der Waals surface area contributed by atoms with E-state index in [0.717, 1.165) is 0 Å². The van der Waals surface area contributed by atoms with Crippen LogP contribution in [-0.4, -0.2) is 13.4 Å². The Labute approximate surface area is 424 Å². The highest BCUT2D eigenvalue weighted by molar-refractivity contribution is 7.00. The van der Waals surface area contributed by atoms with Crippen LogP contribution < -0.4 is 32.8 Å². The first-order valence-electron chi connectivity index (χ1n) is 25.7. The van der Waals surface area contributed by atoms with Crippen LogP contribution in [0.1, 0.15) is 33.4 Å². The molecule has 0 saturated carbocycles. The second kappa shape index (κ2) is 16.2. The minimum Gasteiger partial charge on any atom is -0.0664 e. The van der Waals surface area contributed by atoms with Crippen LogP contribution in [-0.2, 0) is 0 Å². The summed E-state index contributed by atoms with van der Waals surface area (Å²) in [5, 5.41) is 8.13. The highest BCUT2D eigenvalue weighted by Gasteiger charge is 2.40. The zero-order chi connectivity index (χ0) is 48.5. The predicted octanol–water partition coefficient (Wildman–Crippen LogP) is 14.1. The Kier molecular flexibility index (Phi) is 9.58. The van der Waals surface area contributed by atoms with Crippen molar-refractivity contribution in [1.29, 1.82) is 0 Å². The molecule has 0 spiro atoms. The average Bonchev–Trinajstić information content (AvgIpc) is 3.40. The molecule has 14 rings (SSSR count). The third kappa shape index (κ3) is 6.21. The van der Waals surface area contributed by atoms with Crippen LogP contribution >= 0.6 is 0 Å². The SMILES string of the molecule is Cc1cc(C)c(B2c3ccccc3-c3cc(-c4ccccc4-c4ccccc4)c4cc5c6c(cc(-c7ccccc7-c7ccccc7)c7cc2c3c4c76)-c2ccccc2B5c2c(C)cc(C)cc2C)c(C)c1. The van der Waals surface area contributed by atoms with Gasteiger partial charge >= 0.3 is 0 Å². The molecule has 0 fully saturated rings. The summed E-state index contributed by atoms with van der Waals surface area (Å²) in [6.45, 7) is 13.9. The van der Waals surface area contributed by atoms with Crippen molar-refractivity contribution in [2.24, 2.45) is 0 Å². The summed E-state index contributed by atoms with van der Waals surface area (Å²) in [6.07, 6.45) is 0. The lowest BCUT2D eigenvalue weighted by Crippen LogP contribution is -2.57. The van der Waals surface area contributed by atoms with Gasteiger partial charge in [-0.05, 0) is 153 Å². The van der Waals surface area contributed by atoms with E-state index in [4.69, 9.17) is 0 Å². The fraction of sp³-hybridized carbons (Fsp3) is 0.0857. The number of aryl methyl sites for hydroxylation is 6. The van der Waals surface area contributed by atoms with Crippen LogP contribution in [0.2, 0.25) is 0 Å². The molecule has 338 valence electrons. The average molecular weight is 915 g/mol. The first kappa shape index (κ1) is 42.7. The molecule has 2 heteroatoms. The highest BCUT2D eigenvalue weighted by atomic mass is 14.3. The molecule has 2 heterocycles. The first-order chi connectivity index (χ1) is 35.2. The zero-order valence-electron chi connectivity index (χ0n) is 41.8. The zero-order valence-corrected chi connectivity index (χ0v) is 41.8. The molecule has 72 heavy (non-hydrogen) atoms. The van der Waals surface area contributed by atoms with Gasteiger partial charge in [-0.3, -0.25) is 0 Å². The fourth-order valence-corrected chi connectivity index (χ4v) is 14.0. The summed E-state index contributed by atoms with van der Waals surface area (Å²) in [5.41, 5.74) is 31.6. The molecule has 12 aromatic carbocycles. The van der Waals surface area contributed by atoms with Crippen LogP contribution in [0.15, 0.2) is 206 Å². The maximum Gasteiger partial charge on any atom is 0.243 e. The Morgan fingerprint density at radius 2 is 0.556 bits per heavy atom. The molecule has 0 N–H and O–H groups in total. The van der Waals surface area contributed by atoms with E-state index in [2.05, 4.69) is 248 Å². The van der Waals surface area contributed by atoms with E-state index < -0.39 is 0 Å². The molecular weight excluding hydrogens is 862 g/mol. The van der Waals surface area contributed by atoms with E-state index in [1.54, 1.807) is 0 Å². The normalized spacial score (nSPS) is 12.5. The summed E-state index contributed by atoms with van der Waals surface area (Å²) in [7, 11) is 0. The molecule has 2 aliphatic rings. The Morgan fingerprint density at radius 3 is 0.931 bits per heavy atom. The summed E-state index contributed by atoms with van der Waals surface area (Å²) < 4.78 is 0. The lowest BCUT2D eigenvalue weighted by atomic mass is 9.31. The number of benzene rings is 12. The smallest absolute Gasteiger partial charge is 0.0664 e. The van der Waals surface area contributed by atoms with Gasteiger partial charge in [-0.2, -0.15) is 0 Å². The maximum atomic E-state index is 2.67. The highest BCUT2D eigenvalue weighted by Crippen LogP contribution is 2.51. The summed E-state index contributed by atoms with van der Waals surface area (Å²) >= 11 is 0. The van der Waals surface area contributed by atoms with Gasteiger partial charge in [0, 0.05) is 0 Å². The Hall–Kier alpha value is -8.19.